The molecule has 1 aromatic rings. The third kappa shape index (κ3) is 4.34. The van der Waals surface area contributed by atoms with E-state index in [0.29, 0.717) is 12.6 Å². The number of phenolic OH excluding ortho intramolecular Hbond substituents is 2. The maximum atomic E-state index is 10.9. The van der Waals surface area contributed by atoms with Crippen molar-refractivity contribution >= 4 is 5.91 Å². The lowest BCUT2D eigenvalue weighted by molar-refractivity contribution is -0.119. The van der Waals surface area contributed by atoms with Crippen molar-refractivity contribution in [3.63, 3.8) is 0 Å². The van der Waals surface area contributed by atoms with Crippen molar-refractivity contribution in [2.75, 3.05) is 19.6 Å². The number of benzene rings is 1. The summed E-state index contributed by atoms with van der Waals surface area (Å²) in [6.07, 6.45) is 1.88. The van der Waals surface area contributed by atoms with E-state index in [-0.39, 0.29) is 23.4 Å². The molecule has 1 aliphatic rings. The fraction of sp³-hybridized carbons (Fsp3) is 0.533. The smallest absolute Gasteiger partial charge is 0.231 e. The van der Waals surface area contributed by atoms with Crippen molar-refractivity contribution in [3.05, 3.63) is 23.8 Å². The van der Waals surface area contributed by atoms with E-state index >= 15 is 0 Å². The lowest BCUT2D eigenvalue weighted by Gasteiger charge is -2.33. The first-order valence-electron chi connectivity index (χ1n) is 7.24. The van der Waals surface area contributed by atoms with Gasteiger partial charge in [0.1, 0.15) is 11.5 Å². The molecule has 1 unspecified atom stereocenters. The molecule has 1 atom stereocenters. The highest BCUT2D eigenvalue weighted by Gasteiger charge is 2.22. The number of nitrogens with one attached hydrogen (secondary N) is 1. The maximum Gasteiger partial charge on any atom is 0.231 e. The molecule has 0 radical (unpaired) electrons. The van der Waals surface area contributed by atoms with E-state index in [1.807, 2.05) is 6.92 Å². The molecule has 116 valence electrons. The molecule has 0 bridgehead atoms. The Bertz CT molecular complexity index is 499. The summed E-state index contributed by atoms with van der Waals surface area (Å²) in [7, 11) is 0. The highest BCUT2D eigenvalue weighted by Crippen LogP contribution is 2.28. The van der Waals surface area contributed by atoms with Crippen LogP contribution < -0.4 is 11.1 Å². The van der Waals surface area contributed by atoms with Crippen LogP contribution >= 0.6 is 0 Å². The third-order valence-corrected chi connectivity index (χ3v) is 3.93. The number of carbonyl (C=O) groups is 1. The summed E-state index contributed by atoms with van der Waals surface area (Å²) in [5, 5.41) is 22.7. The Labute approximate surface area is 124 Å². The molecule has 21 heavy (non-hydrogen) atoms. The Hall–Kier alpha value is -1.79. The zero-order valence-corrected chi connectivity index (χ0v) is 12.2. The number of phenols is 2. The largest absolute Gasteiger partial charge is 0.508 e. The molecule has 0 aliphatic carbocycles. The van der Waals surface area contributed by atoms with Crippen LogP contribution in [0.3, 0.4) is 0 Å². The first-order valence-corrected chi connectivity index (χ1v) is 7.24. The third-order valence-electron chi connectivity index (χ3n) is 3.93. The van der Waals surface area contributed by atoms with Gasteiger partial charge >= 0.3 is 0 Å². The second-order valence-corrected chi connectivity index (χ2v) is 5.65. The molecule has 1 aliphatic heterocycles. The van der Waals surface area contributed by atoms with Gasteiger partial charge in [-0.1, -0.05) is 6.07 Å². The molecular weight excluding hydrogens is 270 g/mol. The molecule has 2 rings (SSSR count). The average Bonchev–Trinajstić information content (AvgIpc) is 2.40. The van der Waals surface area contributed by atoms with Crippen LogP contribution in [0.1, 0.15) is 31.4 Å². The molecule has 0 aromatic heterocycles. The number of aromatic hydroxyl groups is 2. The number of hydrogen-bond donors (Lipinski definition) is 4. The van der Waals surface area contributed by atoms with Gasteiger partial charge in [-0.3, -0.25) is 9.69 Å². The van der Waals surface area contributed by atoms with Crippen molar-refractivity contribution in [2.45, 2.75) is 31.8 Å². The van der Waals surface area contributed by atoms with Crippen LogP contribution in [-0.4, -0.2) is 46.7 Å². The minimum atomic E-state index is -0.288. The van der Waals surface area contributed by atoms with Gasteiger partial charge in [0, 0.05) is 36.8 Å². The predicted octanol–water partition coefficient (Wildman–Crippen LogP) is 0.698. The summed E-state index contributed by atoms with van der Waals surface area (Å²) in [5.41, 5.74) is 5.97. The minimum Gasteiger partial charge on any atom is -0.508 e. The number of piperidine rings is 1. The van der Waals surface area contributed by atoms with Crippen LogP contribution in [0, 0.1) is 0 Å². The highest BCUT2D eigenvalue weighted by atomic mass is 16.3. The van der Waals surface area contributed by atoms with E-state index in [0.717, 1.165) is 31.5 Å². The van der Waals surface area contributed by atoms with Crippen LogP contribution in [0.5, 0.6) is 11.5 Å². The van der Waals surface area contributed by atoms with Gasteiger partial charge < -0.3 is 21.3 Å². The Morgan fingerprint density at radius 2 is 2.10 bits per heavy atom. The summed E-state index contributed by atoms with van der Waals surface area (Å²) >= 11 is 0. The molecule has 1 amide bonds. The van der Waals surface area contributed by atoms with Crippen LogP contribution in [0.2, 0.25) is 0 Å². The average molecular weight is 293 g/mol. The van der Waals surface area contributed by atoms with Gasteiger partial charge in [-0.25, -0.2) is 0 Å². The Kier molecular flexibility index (Phi) is 5.03. The molecule has 5 N–H and O–H groups in total. The number of nitrogens with zero attached hydrogens (tertiary/aromatic N) is 1. The normalized spacial score (nSPS) is 18.5. The van der Waals surface area contributed by atoms with Crippen molar-refractivity contribution in [3.8, 4) is 11.5 Å². The summed E-state index contributed by atoms with van der Waals surface area (Å²) in [6.45, 7) is 3.99. The van der Waals surface area contributed by atoms with Crippen molar-refractivity contribution in [1.82, 2.24) is 10.2 Å². The topological polar surface area (TPSA) is 98.8 Å². The van der Waals surface area contributed by atoms with Gasteiger partial charge in [-0.15, -0.1) is 0 Å². The first kappa shape index (κ1) is 15.6. The van der Waals surface area contributed by atoms with E-state index in [4.69, 9.17) is 5.73 Å². The summed E-state index contributed by atoms with van der Waals surface area (Å²) in [6, 6.07) is 4.99. The number of likely N-dealkylation sites (tertiary alicyclic amines) is 1. The van der Waals surface area contributed by atoms with Crippen molar-refractivity contribution in [2.24, 2.45) is 5.73 Å². The van der Waals surface area contributed by atoms with Gasteiger partial charge in [0.05, 0.1) is 6.54 Å². The lowest BCUT2D eigenvalue weighted by Crippen LogP contribution is -2.45. The van der Waals surface area contributed by atoms with E-state index in [1.54, 1.807) is 12.1 Å². The van der Waals surface area contributed by atoms with Gasteiger partial charge in [0.15, 0.2) is 0 Å². The number of carbonyl (C=O) groups excluding carboxylic acids is 1. The lowest BCUT2D eigenvalue weighted by atomic mass is 10.0. The maximum absolute atomic E-state index is 10.9. The fourth-order valence-corrected chi connectivity index (χ4v) is 2.82. The van der Waals surface area contributed by atoms with Gasteiger partial charge in [-0.2, -0.15) is 0 Å². The van der Waals surface area contributed by atoms with Crippen molar-refractivity contribution in [1.29, 1.82) is 0 Å². The summed E-state index contributed by atoms with van der Waals surface area (Å²) in [4.78, 5) is 13.0. The SMILES string of the molecule is CC(NC1CCN(CC(N)=O)CC1)c1ccc(O)cc1O. The minimum absolute atomic E-state index is 0.00158. The Morgan fingerprint density at radius 3 is 2.67 bits per heavy atom. The van der Waals surface area contributed by atoms with E-state index in [1.165, 1.54) is 6.07 Å². The van der Waals surface area contributed by atoms with Gasteiger partial charge in [-0.05, 0) is 25.8 Å². The highest BCUT2D eigenvalue weighted by molar-refractivity contribution is 5.75. The quantitative estimate of drug-likeness (QED) is 0.640. The molecule has 1 heterocycles. The second-order valence-electron chi connectivity index (χ2n) is 5.65. The molecule has 1 fully saturated rings. The first-order chi connectivity index (χ1) is 9.95. The number of amides is 1. The number of rotatable bonds is 5. The molecule has 1 aromatic carbocycles. The zero-order chi connectivity index (χ0) is 15.4. The van der Waals surface area contributed by atoms with Crippen molar-refractivity contribution < 1.29 is 15.0 Å². The number of nitrogens with two attached hydrogens (primary N) is 1. The molecule has 1 saturated heterocycles. The second kappa shape index (κ2) is 6.78. The molecule has 6 heteroatoms. The Morgan fingerprint density at radius 1 is 1.43 bits per heavy atom. The number of hydrogen-bond acceptors (Lipinski definition) is 5. The standard InChI is InChI=1S/C15H23N3O3/c1-10(13-3-2-12(19)8-14(13)20)17-11-4-6-18(7-5-11)9-15(16)21/h2-3,8,10-11,17,19-20H,4-7,9H2,1H3,(H2,16,21). The summed E-state index contributed by atoms with van der Waals surface area (Å²) in [5.74, 6) is -0.131. The zero-order valence-electron chi connectivity index (χ0n) is 12.2. The van der Waals surface area contributed by atoms with Crippen LogP contribution in [0.25, 0.3) is 0 Å². The predicted molar refractivity (Wildman–Crippen MR) is 80.0 cm³/mol. The van der Waals surface area contributed by atoms with Crippen LogP contribution in [0.15, 0.2) is 18.2 Å². The van der Waals surface area contributed by atoms with E-state index in [2.05, 4.69) is 10.2 Å². The van der Waals surface area contributed by atoms with E-state index in [9.17, 15) is 15.0 Å². The monoisotopic (exact) mass is 293 g/mol. The molecule has 0 spiro atoms. The van der Waals surface area contributed by atoms with Gasteiger partial charge in [0.2, 0.25) is 5.91 Å². The van der Waals surface area contributed by atoms with Crippen LogP contribution in [0.4, 0.5) is 0 Å². The van der Waals surface area contributed by atoms with E-state index < -0.39 is 0 Å². The molecular formula is C15H23N3O3. The summed E-state index contributed by atoms with van der Waals surface area (Å²) < 4.78 is 0. The van der Waals surface area contributed by atoms with Gasteiger partial charge in [0.25, 0.3) is 0 Å². The van der Waals surface area contributed by atoms with Crippen LogP contribution in [-0.2, 0) is 4.79 Å². The Balaban J connectivity index is 1.86. The molecule has 6 nitrogen and oxygen atoms in total. The molecule has 0 saturated carbocycles. The number of primary amides is 1. The fourth-order valence-electron chi connectivity index (χ4n) is 2.82.